The minimum absolute atomic E-state index is 0.00163. The number of anilines is 1. The highest BCUT2D eigenvalue weighted by Gasteiger charge is 2.26. The number of aliphatic hydroxyl groups excluding tert-OH is 1. The Morgan fingerprint density at radius 3 is 2.90 bits per heavy atom. The van der Waals surface area contributed by atoms with Gasteiger partial charge in [0.25, 0.3) is 0 Å². The zero-order valence-electron chi connectivity index (χ0n) is 12.2. The van der Waals surface area contributed by atoms with E-state index in [1.807, 2.05) is 18.2 Å². The minimum Gasteiger partial charge on any atom is -0.496 e. The predicted molar refractivity (Wildman–Crippen MR) is 78.1 cm³/mol. The number of aliphatic hydroxyl groups is 1. The maximum atomic E-state index is 11.1. The van der Waals surface area contributed by atoms with Crippen LogP contribution >= 0.6 is 0 Å². The zero-order valence-corrected chi connectivity index (χ0v) is 12.2. The molecule has 1 aromatic rings. The quantitative estimate of drug-likeness (QED) is 0.875. The van der Waals surface area contributed by atoms with E-state index >= 15 is 0 Å². The van der Waals surface area contributed by atoms with Gasteiger partial charge in [-0.2, -0.15) is 0 Å². The van der Waals surface area contributed by atoms with Crippen molar-refractivity contribution < 1.29 is 14.6 Å². The molecule has 0 aliphatic carbocycles. The standard InChI is InChI=1S/C15H22N2O3/c1-10(18)15-13(5-4-6-14(15)20-3)17-8-7-12(9-17)16-11(2)19/h4-6,10,12,18H,7-9H2,1-3H3,(H,16,19). The predicted octanol–water partition coefficient (Wildman–Crippen LogP) is 1.46. The molecular weight excluding hydrogens is 256 g/mol. The maximum Gasteiger partial charge on any atom is 0.217 e. The zero-order chi connectivity index (χ0) is 14.7. The highest BCUT2D eigenvalue weighted by Crippen LogP contribution is 2.35. The van der Waals surface area contributed by atoms with Crippen LogP contribution in [0.25, 0.3) is 0 Å². The largest absolute Gasteiger partial charge is 0.496 e. The average Bonchev–Trinajstić information content (AvgIpc) is 2.85. The molecular formula is C15H22N2O3. The summed E-state index contributed by atoms with van der Waals surface area (Å²) in [7, 11) is 1.61. The van der Waals surface area contributed by atoms with Crippen molar-refractivity contribution in [3.05, 3.63) is 23.8 Å². The Morgan fingerprint density at radius 2 is 2.30 bits per heavy atom. The van der Waals surface area contributed by atoms with E-state index in [-0.39, 0.29) is 11.9 Å². The first-order chi connectivity index (χ1) is 9.52. The number of amides is 1. The van der Waals surface area contributed by atoms with Crippen molar-refractivity contribution in [2.24, 2.45) is 0 Å². The Hall–Kier alpha value is -1.75. The van der Waals surface area contributed by atoms with Crippen molar-refractivity contribution in [3.8, 4) is 5.75 Å². The van der Waals surface area contributed by atoms with Crippen molar-refractivity contribution in [1.29, 1.82) is 0 Å². The number of rotatable bonds is 4. The van der Waals surface area contributed by atoms with Gasteiger partial charge in [-0.05, 0) is 25.5 Å². The summed E-state index contributed by atoms with van der Waals surface area (Å²) in [5, 5.41) is 13.0. The molecule has 2 N–H and O–H groups in total. The van der Waals surface area contributed by atoms with Gasteiger partial charge in [-0.3, -0.25) is 4.79 Å². The number of carbonyl (C=O) groups is 1. The summed E-state index contributed by atoms with van der Waals surface area (Å²) in [6.07, 6.45) is 0.316. The van der Waals surface area contributed by atoms with Crippen molar-refractivity contribution >= 4 is 11.6 Å². The molecule has 1 aliphatic rings. The minimum atomic E-state index is -0.596. The van der Waals surface area contributed by atoms with Crippen LogP contribution < -0.4 is 15.0 Å². The summed E-state index contributed by atoms with van der Waals surface area (Å²) in [4.78, 5) is 13.3. The van der Waals surface area contributed by atoms with E-state index in [4.69, 9.17) is 4.74 Å². The van der Waals surface area contributed by atoms with E-state index in [2.05, 4.69) is 10.2 Å². The number of carbonyl (C=O) groups excluding carboxylic acids is 1. The number of methoxy groups -OCH3 is 1. The van der Waals surface area contributed by atoms with Gasteiger partial charge in [0.15, 0.2) is 0 Å². The lowest BCUT2D eigenvalue weighted by atomic mass is 10.1. The molecule has 2 unspecified atom stereocenters. The molecule has 2 rings (SSSR count). The molecule has 1 aromatic carbocycles. The highest BCUT2D eigenvalue weighted by molar-refractivity contribution is 5.73. The molecule has 1 heterocycles. The Kier molecular flexibility index (Phi) is 4.49. The Bertz CT molecular complexity index is 488. The van der Waals surface area contributed by atoms with E-state index in [9.17, 15) is 9.90 Å². The van der Waals surface area contributed by atoms with E-state index in [1.165, 1.54) is 6.92 Å². The lowest BCUT2D eigenvalue weighted by Gasteiger charge is -2.25. The first-order valence-electron chi connectivity index (χ1n) is 6.90. The number of ether oxygens (including phenoxy) is 1. The van der Waals surface area contributed by atoms with Crippen molar-refractivity contribution in [3.63, 3.8) is 0 Å². The van der Waals surface area contributed by atoms with Gasteiger partial charge in [0.2, 0.25) is 5.91 Å². The third kappa shape index (κ3) is 3.04. The summed E-state index contributed by atoms with van der Waals surface area (Å²) in [5.74, 6) is 0.693. The summed E-state index contributed by atoms with van der Waals surface area (Å²) in [6.45, 7) is 4.89. The second-order valence-corrected chi connectivity index (χ2v) is 5.20. The van der Waals surface area contributed by atoms with Gasteiger partial charge < -0.3 is 20.1 Å². The van der Waals surface area contributed by atoms with Crippen LogP contribution in [0.3, 0.4) is 0 Å². The van der Waals surface area contributed by atoms with Crippen LogP contribution in [0.2, 0.25) is 0 Å². The molecule has 1 aliphatic heterocycles. The average molecular weight is 278 g/mol. The van der Waals surface area contributed by atoms with Crippen LogP contribution in [0.1, 0.15) is 31.9 Å². The van der Waals surface area contributed by atoms with E-state index < -0.39 is 6.10 Å². The molecule has 5 nitrogen and oxygen atoms in total. The van der Waals surface area contributed by atoms with E-state index in [0.29, 0.717) is 5.75 Å². The molecule has 2 atom stereocenters. The first-order valence-corrected chi connectivity index (χ1v) is 6.90. The van der Waals surface area contributed by atoms with E-state index in [0.717, 1.165) is 30.8 Å². The fourth-order valence-electron chi connectivity index (χ4n) is 2.79. The summed E-state index contributed by atoms with van der Waals surface area (Å²) >= 11 is 0. The van der Waals surface area contributed by atoms with Gasteiger partial charge >= 0.3 is 0 Å². The topological polar surface area (TPSA) is 61.8 Å². The van der Waals surface area contributed by atoms with Crippen molar-refractivity contribution in [2.45, 2.75) is 32.4 Å². The molecule has 0 spiro atoms. The molecule has 1 amide bonds. The molecule has 1 saturated heterocycles. The lowest BCUT2D eigenvalue weighted by Crippen LogP contribution is -2.35. The molecule has 5 heteroatoms. The second kappa shape index (κ2) is 6.13. The van der Waals surface area contributed by atoms with Crippen LogP contribution in [0.5, 0.6) is 5.75 Å². The summed E-state index contributed by atoms with van der Waals surface area (Å²) in [6, 6.07) is 5.93. The van der Waals surface area contributed by atoms with Gasteiger partial charge in [-0.15, -0.1) is 0 Å². The third-order valence-corrected chi connectivity index (χ3v) is 3.62. The molecule has 0 bridgehead atoms. The third-order valence-electron chi connectivity index (χ3n) is 3.62. The second-order valence-electron chi connectivity index (χ2n) is 5.20. The van der Waals surface area contributed by atoms with Crippen LogP contribution in [0.4, 0.5) is 5.69 Å². The number of hydrogen-bond acceptors (Lipinski definition) is 4. The summed E-state index contributed by atoms with van der Waals surface area (Å²) < 4.78 is 5.34. The first kappa shape index (κ1) is 14.7. The molecule has 20 heavy (non-hydrogen) atoms. The highest BCUT2D eigenvalue weighted by atomic mass is 16.5. The van der Waals surface area contributed by atoms with Crippen molar-refractivity contribution in [2.75, 3.05) is 25.1 Å². The Balaban J connectivity index is 2.23. The maximum absolute atomic E-state index is 11.1. The number of hydrogen-bond donors (Lipinski definition) is 2. The van der Waals surface area contributed by atoms with Crippen LogP contribution in [-0.4, -0.2) is 37.3 Å². The monoisotopic (exact) mass is 278 g/mol. The van der Waals surface area contributed by atoms with Crippen LogP contribution in [0, 0.1) is 0 Å². The van der Waals surface area contributed by atoms with Gasteiger partial charge in [0, 0.05) is 37.3 Å². The Morgan fingerprint density at radius 1 is 1.55 bits per heavy atom. The van der Waals surface area contributed by atoms with Gasteiger partial charge in [-0.25, -0.2) is 0 Å². The lowest BCUT2D eigenvalue weighted by molar-refractivity contribution is -0.119. The fraction of sp³-hybridized carbons (Fsp3) is 0.533. The molecule has 1 fully saturated rings. The van der Waals surface area contributed by atoms with Gasteiger partial charge in [0.05, 0.1) is 13.2 Å². The van der Waals surface area contributed by atoms with E-state index in [1.54, 1.807) is 14.0 Å². The summed E-state index contributed by atoms with van der Waals surface area (Å²) in [5.41, 5.74) is 1.78. The van der Waals surface area contributed by atoms with Crippen molar-refractivity contribution in [1.82, 2.24) is 5.32 Å². The Labute approximate surface area is 119 Å². The molecule has 0 radical (unpaired) electrons. The number of nitrogens with zero attached hydrogens (tertiary/aromatic N) is 1. The SMILES string of the molecule is COc1cccc(N2CCC(NC(C)=O)C2)c1C(C)O. The van der Waals surface area contributed by atoms with Crippen LogP contribution in [0.15, 0.2) is 18.2 Å². The van der Waals surface area contributed by atoms with Gasteiger partial charge in [0.1, 0.15) is 5.75 Å². The normalized spacial score (nSPS) is 19.8. The molecule has 0 saturated carbocycles. The smallest absolute Gasteiger partial charge is 0.217 e. The fourth-order valence-corrected chi connectivity index (χ4v) is 2.79. The van der Waals surface area contributed by atoms with Crippen LogP contribution in [-0.2, 0) is 4.79 Å². The number of nitrogens with one attached hydrogen (secondary N) is 1. The molecule has 0 aromatic heterocycles. The molecule has 110 valence electrons. The number of benzene rings is 1. The van der Waals surface area contributed by atoms with Gasteiger partial charge in [-0.1, -0.05) is 6.07 Å².